The quantitative estimate of drug-likeness (QED) is 0.911. The molecule has 0 aliphatic carbocycles. The Kier molecular flexibility index (Phi) is 3.83. The highest BCUT2D eigenvalue weighted by Crippen LogP contribution is 2.25. The Labute approximate surface area is 118 Å². The predicted octanol–water partition coefficient (Wildman–Crippen LogP) is 1.57. The smallest absolute Gasteiger partial charge is 0.308 e. The maximum atomic E-state index is 12.5. The van der Waals surface area contributed by atoms with Crippen molar-refractivity contribution in [3.05, 3.63) is 17.5 Å². The van der Waals surface area contributed by atoms with Crippen LogP contribution in [0.15, 0.2) is 6.20 Å². The SMILES string of the molecule is Cc1c(C(=O)N2C[C@@H](C)[C@H](C(=O)O)C2)cnn1C(C)C. The van der Waals surface area contributed by atoms with Crippen LogP contribution in [0.2, 0.25) is 0 Å². The summed E-state index contributed by atoms with van der Waals surface area (Å²) in [6, 6.07) is 0.195. The van der Waals surface area contributed by atoms with E-state index >= 15 is 0 Å². The molecule has 1 N–H and O–H groups in total. The first-order valence-corrected chi connectivity index (χ1v) is 6.89. The first-order chi connectivity index (χ1) is 9.32. The molecular weight excluding hydrogens is 258 g/mol. The zero-order chi connectivity index (χ0) is 15.0. The molecule has 2 rings (SSSR count). The molecule has 1 aliphatic heterocycles. The molecule has 2 atom stereocenters. The molecule has 110 valence electrons. The molecule has 0 spiro atoms. The van der Waals surface area contributed by atoms with Crippen LogP contribution < -0.4 is 0 Å². The molecular formula is C14H21N3O3. The maximum absolute atomic E-state index is 12.5. The highest BCUT2D eigenvalue weighted by molar-refractivity contribution is 5.95. The lowest BCUT2D eigenvalue weighted by Gasteiger charge is -2.16. The van der Waals surface area contributed by atoms with E-state index in [-0.39, 0.29) is 24.4 Å². The van der Waals surface area contributed by atoms with Gasteiger partial charge in [0.05, 0.1) is 17.7 Å². The van der Waals surface area contributed by atoms with Crippen molar-refractivity contribution in [3.63, 3.8) is 0 Å². The summed E-state index contributed by atoms with van der Waals surface area (Å²) in [7, 11) is 0. The van der Waals surface area contributed by atoms with Crippen LogP contribution in [0.5, 0.6) is 0 Å². The second-order valence-electron chi connectivity index (χ2n) is 5.81. The number of hydrogen-bond acceptors (Lipinski definition) is 3. The zero-order valence-corrected chi connectivity index (χ0v) is 12.3. The van der Waals surface area contributed by atoms with E-state index in [4.69, 9.17) is 5.11 Å². The molecule has 6 heteroatoms. The number of carbonyl (C=O) groups excluding carboxylic acids is 1. The number of carboxylic acids is 1. The van der Waals surface area contributed by atoms with Gasteiger partial charge < -0.3 is 10.0 Å². The van der Waals surface area contributed by atoms with E-state index < -0.39 is 11.9 Å². The molecule has 0 saturated carbocycles. The minimum atomic E-state index is -0.831. The van der Waals surface area contributed by atoms with Gasteiger partial charge in [0.25, 0.3) is 5.91 Å². The lowest BCUT2D eigenvalue weighted by molar-refractivity contribution is -0.142. The van der Waals surface area contributed by atoms with Gasteiger partial charge >= 0.3 is 5.97 Å². The van der Waals surface area contributed by atoms with Crippen LogP contribution in [0.3, 0.4) is 0 Å². The van der Waals surface area contributed by atoms with Crippen molar-refractivity contribution in [2.45, 2.75) is 33.7 Å². The molecule has 0 radical (unpaired) electrons. The van der Waals surface area contributed by atoms with Gasteiger partial charge in [-0.25, -0.2) is 0 Å². The summed E-state index contributed by atoms with van der Waals surface area (Å²) in [4.78, 5) is 25.2. The van der Waals surface area contributed by atoms with Crippen LogP contribution in [0.25, 0.3) is 0 Å². The van der Waals surface area contributed by atoms with E-state index in [1.165, 1.54) is 0 Å². The summed E-state index contributed by atoms with van der Waals surface area (Å²) in [6.45, 7) is 8.52. The summed E-state index contributed by atoms with van der Waals surface area (Å²) in [6.07, 6.45) is 1.58. The third kappa shape index (κ3) is 2.42. The van der Waals surface area contributed by atoms with Crippen molar-refractivity contribution in [1.29, 1.82) is 0 Å². The Balaban J connectivity index is 2.19. The summed E-state index contributed by atoms with van der Waals surface area (Å²) in [5.74, 6) is -1.44. The molecule has 1 amide bonds. The third-order valence-electron chi connectivity index (χ3n) is 3.98. The largest absolute Gasteiger partial charge is 0.481 e. The van der Waals surface area contributed by atoms with E-state index in [0.29, 0.717) is 12.1 Å². The van der Waals surface area contributed by atoms with E-state index in [0.717, 1.165) is 5.69 Å². The predicted molar refractivity (Wildman–Crippen MR) is 73.5 cm³/mol. The van der Waals surface area contributed by atoms with Gasteiger partial charge in [0.2, 0.25) is 0 Å². The summed E-state index contributed by atoms with van der Waals surface area (Å²) < 4.78 is 1.81. The second kappa shape index (κ2) is 5.26. The Morgan fingerprint density at radius 3 is 2.50 bits per heavy atom. The van der Waals surface area contributed by atoms with Crippen LogP contribution in [0, 0.1) is 18.8 Å². The highest BCUT2D eigenvalue weighted by Gasteiger charge is 2.37. The van der Waals surface area contributed by atoms with Crippen LogP contribution in [0.1, 0.15) is 42.9 Å². The van der Waals surface area contributed by atoms with Crippen molar-refractivity contribution in [3.8, 4) is 0 Å². The van der Waals surface area contributed by atoms with Crippen LogP contribution in [0.4, 0.5) is 0 Å². The Morgan fingerprint density at radius 2 is 2.05 bits per heavy atom. The minimum Gasteiger partial charge on any atom is -0.481 e. The van der Waals surface area contributed by atoms with Crippen LogP contribution in [-0.2, 0) is 4.79 Å². The molecule has 20 heavy (non-hydrogen) atoms. The Hall–Kier alpha value is -1.85. The normalized spacial score (nSPS) is 22.6. The molecule has 6 nitrogen and oxygen atoms in total. The molecule has 1 aromatic heterocycles. The monoisotopic (exact) mass is 279 g/mol. The van der Waals surface area contributed by atoms with Gasteiger partial charge in [-0.2, -0.15) is 5.10 Å². The lowest BCUT2D eigenvalue weighted by atomic mass is 9.99. The van der Waals surface area contributed by atoms with E-state index in [9.17, 15) is 9.59 Å². The number of aromatic nitrogens is 2. The molecule has 1 fully saturated rings. The molecule has 0 bridgehead atoms. The molecule has 0 unspecified atom stereocenters. The van der Waals surface area contributed by atoms with Crippen molar-refractivity contribution in [1.82, 2.24) is 14.7 Å². The molecule has 1 aromatic rings. The topological polar surface area (TPSA) is 75.4 Å². The van der Waals surface area contributed by atoms with Gasteiger partial charge in [0.15, 0.2) is 0 Å². The molecule has 1 saturated heterocycles. The van der Waals surface area contributed by atoms with Gasteiger partial charge in [-0.05, 0) is 26.7 Å². The number of aliphatic carboxylic acids is 1. The van der Waals surface area contributed by atoms with Crippen LogP contribution in [-0.4, -0.2) is 44.8 Å². The van der Waals surface area contributed by atoms with Gasteiger partial charge in [-0.1, -0.05) is 6.92 Å². The number of likely N-dealkylation sites (tertiary alicyclic amines) is 1. The molecule has 0 aromatic carbocycles. The summed E-state index contributed by atoms with van der Waals surface area (Å²) in [5, 5.41) is 13.4. The van der Waals surface area contributed by atoms with Gasteiger partial charge in [0.1, 0.15) is 0 Å². The third-order valence-corrected chi connectivity index (χ3v) is 3.98. The molecule has 1 aliphatic rings. The first kappa shape index (κ1) is 14.6. The second-order valence-corrected chi connectivity index (χ2v) is 5.81. The summed E-state index contributed by atoms with van der Waals surface area (Å²) >= 11 is 0. The Morgan fingerprint density at radius 1 is 1.40 bits per heavy atom. The standard InChI is InChI=1S/C14H21N3O3/c1-8(2)17-10(4)11(5-15-17)13(18)16-6-9(3)12(7-16)14(19)20/h5,8-9,12H,6-7H2,1-4H3,(H,19,20)/t9-,12-/m1/s1. The van der Waals surface area contributed by atoms with Crippen molar-refractivity contribution in [2.24, 2.45) is 11.8 Å². The molecule has 2 heterocycles. The maximum Gasteiger partial charge on any atom is 0.308 e. The number of amides is 1. The fourth-order valence-electron chi connectivity index (χ4n) is 2.78. The van der Waals surface area contributed by atoms with Gasteiger partial charge in [-0.15, -0.1) is 0 Å². The van der Waals surface area contributed by atoms with Gasteiger partial charge in [0, 0.05) is 24.8 Å². The fourth-order valence-corrected chi connectivity index (χ4v) is 2.78. The number of nitrogens with zero attached hydrogens (tertiary/aromatic N) is 3. The average molecular weight is 279 g/mol. The lowest BCUT2D eigenvalue weighted by Crippen LogP contribution is -2.30. The zero-order valence-electron chi connectivity index (χ0n) is 12.3. The van der Waals surface area contributed by atoms with Crippen molar-refractivity contribution >= 4 is 11.9 Å². The number of carboxylic acid groups (broad SMARTS) is 1. The van der Waals surface area contributed by atoms with Crippen molar-refractivity contribution in [2.75, 3.05) is 13.1 Å². The van der Waals surface area contributed by atoms with E-state index in [2.05, 4.69) is 5.10 Å². The Bertz CT molecular complexity index is 536. The van der Waals surface area contributed by atoms with E-state index in [1.54, 1.807) is 15.8 Å². The fraction of sp³-hybridized carbons (Fsp3) is 0.643. The average Bonchev–Trinajstić information content (AvgIpc) is 2.91. The summed E-state index contributed by atoms with van der Waals surface area (Å²) in [5.41, 5.74) is 1.40. The van der Waals surface area contributed by atoms with Crippen LogP contribution >= 0.6 is 0 Å². The van der Waals surface area contributed by atoms with E-state index in [1.807, 2.05) is 27.7 Å². The first-order valence-electron chi connectivity index (χ1n) is 6.89. The number of hydrogen-bond donors (Lipinski definition) is 1. The van der Waals surface area contributed by atoms with Gasteiger partial charge in [-0.3, -0.25) is 14.3 Å². The van der Waals surface area contributed by atoms with Crippen molar-refractivity contribution < 1.29 is 14.7 Å². The minimum absolute atomic E-state index is 0.0168. The highest BCUT2D eigenvalue weighted by atomic mass is 16.4. The number of rotatable bonds is 3. The number of carbonyl (C=O) groups is 2.